The second kappa shape index (κ2) is 12.1. The van der Waals surface area contributed by atoms with Crippen molar-refractivity contribution in [3.63, 3.8) is 0 Å². The summed E-state index contributed by atoms with van der Waals surface area (Å²) in [5.74, 6) is 3.05. The van der Waals surface area contributed by atoms with Gasteiger partial charge >= 0.3 is 0 Å². The SMILES string of the molecule is COc1ccccc1CCC(=O)N(Cc1cc2c(OC)ccc(OC)c2nc1N(C)C)CC1CCCO1. The number of rotatable bonds is 11. The monoisotopic (exact) mass is 507 g/mol. The molecule has 1 fully saturated rings. The van der Waals surface area contributed by atoms with E-state index < -0.39 is 0 Å². The Kier molecular flexibility index (Phi) is 8.71. The van der Waals surface area contributed by atoms with Crippen LogP contribution in [0.2, 0.25) is 0 Å². The Morgan fingerprint density at radius 2 is 1.73 bits per heavy atom. The van der Waals surface area contributed by atoms with Crippen molar-refractivity contribution in [2.24, 2.45) is 0 Å². The van der Waals surface area contributed by atoms with Gasteiger partial charge in [0.1, 0.15) is 28.6 Å². The van der Waals surface area contributed by atoms with Crippen molar-refractivity contribution < 1.29 is 23.7 Å². The molecule has 8 heteroatoms. The third kappa shape index (κ3) is 6.07. The molecule has 1 aliphatic heterocycles. The second-order valence-electron chi connectivity index (χ2n) is 9.45. The van der Waals surface area contributed by atoms with Crippen LogP contribution in [-0.2, 0) is 22.5 Å². The van der Waals surface area contributed by atoms with Crippen molar-refractivity contribution >= 4 is 22.6 Å². The fraction of sp³-hybridized carbons (Fsp3) is 0.448. The number of methoxy groups -OCH3 is 3. The van der Waals surface area contributed by atoms with Gasteiger partial charge in [-0.3, -0.25) is 4.79 Å². The molecule has 1 unspecified atom stereocenters. The first-order valence-corrected chi connectivity index (χ1v) is 12.7. The Labute approximate surface area is 219 Å². The summed E-state index contributed by atoms with van der Waals surface area (Å²) in [7, 11) is 8.85. The summed E-state index contributed by atoms with van der Waals surface area (Å²) in [6.07, 6.45) is 3.00. The van der Waals surface area contributed by atoms with Gasteiger partial charge in [0.15, 0.2) is 0 Å². The number of carbonyl (C=O) groups is 1. The Hall–Kier alpha value is -3.52. The number of benzene rings is 2. The zero-order valence-corrected chi connectivity index (χ0v) is 22.5. The molecule has 0 saturated carbocycles. The molecule has 4 rings (SSSR count). The molecule has 1 aliphatic rings. The largest absolute Gasteiger partial charge is 0.496 e. The molecule has 0 radical (unpaired) electrons. The predicted octanol–water partition coefficient (Wildman–Crippen LogP) is 4.47. The first kappa shape index (κ1) is 26.5. The van der Waals surface area contributed by atoms with Crippen LogP contribution in [0.25, 0.3) is 10.9 Å². The minimum absolute atomic E-state index is 0.0427. The summed E-state index contributed by atoms with van der Waals surface area (Å²) >= 11 is 0. The van der Waals surface area contributed by atoms with Crippen LogP contribution in [0.15, 0.2) is 42.5 Å². The van der Waals surface area contributed by atoms with E-state index in [1.165, 1.54) is 0 Å². The van der Waals surface area contributed by atoms with Crippen molar-refractivity contribution in [2.45, 2.75) is 38.3 Å². The number of aromatic nitrogens is 1. The first-order chi connectivity index (χ1) is 17.9. The van der Waals surface area contributed by atoms with E-state index in [2.05, 4.69) is 6.07 Å². The summed E-state index contributed by atoms with van der Waals surface area (Å²) in [6.45, 7) is 1.71. The summed E-state index contributed by atoms with van der Waals surface area (Å²) in [6, 6.07) is 13.6. The van der Waals surface area contributed by atoms with Crippen LogP contribution < -0.4 is 19.1 Å². The quantitative estimate of drug-likeness (QED) is 0.379. The Morgan fingerprint density at radius 3 is 2.41 bits per heavy atom. The number of nitrogens with zero attached hydrogens (tertiary/aromatic N) is 3. The molecule has 0 spiro atoms. The van der Waals surface area contributed by atoms with Gasteiger partial charge < -0.3 is 28.7 Å². The normalized spacial score (nSPS) is 15.0. The fourth-order valence-electron chi connectivity index (χ4n) is 4.89. The lowest BCUT2D eigenvalue weighted by atomic mass is 10.1. The molecule has 198 valence electrons. The number of hydrogen-bond acceptors (Lipinski definition) is 7. The average molecular weight is 508 g/mol. The minimum Gasteiger partial charge on any atom is -0.496 e. The fourth-order valence-corrected chi connectivity index (χ4v) is 4.89. The van der Waals surface area contributed by atoms with E-state index in [4.69, 9.17) is 23.9 Å². The molecule has 1 aromatic heterocycles. The average Bonchev–Trinajstić information content (AvgIpc) is 3.43. The van der Waals surface area contributed by atoms with E-state index in [0.29, 0.717) is 37.4 Å². The molecule has 3 aromatic rings. The van der Waals surface area contributed by atoms with E-state index in [1.807, 2.05) is 60.3 Å². The molecular formula is C29H37N3O5. The molecule has 2 heterocycles. The van der Waals surface area contributed by atoms with Gasteiger partial charge in [0.05, 0.1) is 27.4 Å². The van der Waals surface area contributed by atoms with Crippen molar-refractivity contribution in [3.8, 4) is 17.2 Å². The molecule has 0 aliphatic carbocycles. The summed E-state index contributed by atoms with van der Waals surface area (Å²) in [5, 5.41) is 0.848. The number of hydrogen-bond donors (Lipinski definition) is 0. The Bertz CT molecular complexity index is 1220. The summed E-state index contributed by atoms with van der Waals surface area (Å²) in [4.78, 5) is 22.5. The molecule has 1 amide bonds. The van der Waals surface area contributed by atoms with Gasteiger partial charge in [0, 0.05) is 51.2 Å². The molecule has 0 bridgehead atoms. The molecular weight excluding hydrogens is 470 g/mol. The molecule has 1 saturated heterocycles. The Balaban J connectivity index is 1.66. The van der Waals surface area contributed by atoms with Crippen LogP contribution in [0.4, 0.5) is 5.82 Å². The van der Waals surface area contributed by atoms with Crippen LogP contribution in [0, 0.1) is 0 Å². The summed E-state index contributed by atoms with van der Waals surface area (Å²) < 4.78 is 22.6. The number of para-hydroxylation sites is 1. The number of carbonyl (C=O) groups excluding carboxylic acids is 1. The van der Waals surface area contributed by atoms with Crippen molar-refractivity contribution in [3.05, 3.63) is 53.6 Å². The molecule has 0 N–H and O–H groups in total. The van der Waals surface area contributed by atoms with Gasteiger partial charge in [-0.1, -0.05) is 18.2 Å². The molecule has 2 aromatic carbocycles. The third-order valence-electron chi connectivity index (χ3n) is 6.79. The highest BCUT2D eigenvalue weighted by atomic mass is 16.5. The van der Waals surface area contributed by atoms with Crippen molar-refractivity contribution in [2.75, 3.05) is 53.5 Å². The van der Waals surface area contributed by atoms with Gasteiger partial charge in [-0.2, -0.15) is 0 Å². The zero-order chi connectivity index (χ0) is 26.4. The maximum Gasteiger partial charge on any atom is 0.223 e. The Morgan fingerprint density at radius 1 is 1.00 bits per heavy atom. The van der Waals surface area contributed by atoms with E-state index >= 15 is 0 Å². The van der Waals surface area contributed by atoms with Gasteiger partial charge in [-0.25, -0.2) is 4.98 Å². The van der Waals surface area contributed by atoms with Crippen molar-refractivity contribution in [1.29, 1.82) is 0 Å². The zero-order valence-electron chi connectivity index (χ0n) is 22.5. The number of ether oxygens (including phenoxy) is 4. The third-order valence-corrected chi connectivity index (χ3v) is 6.79. The number of anilines is 1. The second-order valence-corrected chi connectivity index (χ2v) is 9.45. The van der Waals surface area contributed by atoms with Gasteiger partial charge in [-0.05, 0) is 49.1 Å². The van der Waals surface area contributed by atoms with E-state index in [9.17, 15) is 4.79 Å². The molecule has 8 nitrogen and oxygen atoms in total. The highest BCUT2D eigenvalue weighted by molar-refractivity contribution is 5.92. The summed E-state index contributed by atoms with van der Waals surface area (Å²) in [5.41, 5.74) is 2.68. The van der Waals surface area contributed by atoms with E-state index in [-0.39, 0.29) is 12.0 Å². The lowest BCUT2D eigenvalue weighted by Crippen LogP contribution is -2.37. The van der Waals surface area contributed by atoms with Crippen LogP contribution in [0.1, 0.15) is 30.4 Å². The van der Waals surface area contributed by atoms with Gasteiger partial charge in [-0.15, -0.1) is 0 Å². The first-order valence-electron chi connectivity index (χ1n) is 12.7. The van der Waals surface area contributed by atoms with Crippen LogP contribution in [0.3, 0.4) is 0 Å². The lowest BCUT2D eigenvalue weighted by molar-refractivity contribution is -0.133. The maximum atomic E-state index is 13.6. The van der Waals surface area contributed by atoms with Crippen LogP contribution in [0.5, 0.6) is 17.2 Å². The highest BCUT2D eigenvalue weighted by Gasteiger charge is 2.25. The van der Waals surface area contributed by atoms with E-state index in [1.54, 1.807) is 21.3 Å². The highest BCUT2D eigenvalue weighted by Crippen LogP contribution is 2.35. The van der Waals surface area contributed by atoms with Crippen molar-refractivity contribution in [1.82, 2.24) is 9.88 Å². The minimum atomic E-state index is 0.0427. The molecule has 1 atom stereocenters. The molecule has 37 heavy (non-hydrogen) atoms. The smallest absolute Gasteiger partial charge is 0.223 e. The number of aryl methyl sites for hydroxylation is 1. The predicted molar refractivity (Wildman–Crippen MR) is 145 cm³/mol. The van der Waals surface area contributed by atoms with Crippen LogP contribution >= 0.6 is 0 Å². The number of amides is 1. The maximum absolute atomic E-state index is 13.6. The van der Waals surface area contributed by atoms with Gasteiger partial charge in [0.2, 0.25) is 5.91 Å². The number of fused-ring (bicyclic) bond motifs is 1. The topological polar surface area (TPSA) is 73.4 Å². The van der Waals surface area contributed by atoms with Crippen LogP contribution in [-0.4, -0.2) is 70.5 Å². The van der Waals surface area contributed by atoms with E-state index in [0.717, 1.165) is 53.0 Å². The van der Waals surface area contributed by atoms with Gasteiger partial charge in [0.25, 0.3) is 0 Å². The standard InChI is InChI=1S/C29H37N3O5/c1-31(2)29-21(17-23-25(35-4)13-14-26(36-5)28(23)30-29)18-32(19-22-10-8-16-37-22)27(33)15-12-20-9-6-7-11-24(20)34-3/h6-7,9,11,13-14,17,22H,8,10,12,15-16,18-19H2,1-5H3. The lowest BCUT2D eigenvalue weighted by Gasteiger charge is -2.28. The number of pyridine rings is 1.